The van der Waals surface area contributed by atoms with Gasteiger partial charge in [0.1, 0.15) is 5.69 Å². The van der Waals surface area contributed by atoms with Crippen LogP contribution in [-0.4, -0.2) is 31.9 Å². The van der Waals surface area contributed by atoms with E-state index >= 15 is 0 Å². The predicted octanol–water partition coefficient (Wildman–Crippen LogP) is 1.79. The van der Waals surface area contributed by atoms with Crippen LogP contribution in [-0.2, 0) is 7.05 Å². The molecule has 0 aromatic carbocycles. The summed E-state index contributed by atoms with van der Waals surface area (Å²) in [5.74, 6) is 0.0700. The van der Waals surface area contributed by atoms with Gasteiger partial charge >= 0.3 is 0 Å². The lowest BCUT2D eigenvalue weighted by molar-refractivity contribution is 0.0723. The minimum Gasteiger partial charge on any atom is -0.347 e. The van der Waals surface area contributed by atoms with Crippen LogP contribution in [0.15, 0.2) is 36.9 Å². The summed E-state index contributed by atoms with van der Waals surface area (Å²) in [5.41, 5.74) is 1.60. The number of rotatable bonds is 2. The average molecular weight is 256 g/mol. The van der Waals surface area contributed by atoms with Gasteiger partial charge in [-0.05, 0) is 25.0 Å². The Labute approximate surface area is 111 Å². The zero-order valence-corrected chi connectivity index (χ0v) is 10.9. The Balaban J connectivity index is 1.88. The van der Waals surface area contributed by atoms with E-state index in [2.05, 4.69) is 9.97 Å². The van der Waals surface area contributed by atoms with Crippen LogP contribution in [0.3, 0.4) is 0 Å². The van der Waals surface area contributed by atoms with Gasteiger partial charge in [0.25, 0.3) is 5.91 Å². The highest BCUT2D eigenvalue weighted by Crippen LogP contribution is 2.31. The summed E-state index contributed by atoms with van der Waals surface area (Å²) < 4.78 is 1.86. The Morgan fingerprint density at radius 3 is 3.00 bits per heavy atom. The van der Waals surface area contributed by atoms with E-state index in [-0.39, 0.29) is 11.9 Å². The summed E-state index contributed by atoms with van der Waals surface area (Å²) in [5, 5.41) is 0. The molecule has 2 aromatic heterocycles. The molecule has 1 fully saturated rings. The lowest BCUT2D eigenvalue weighted by atomic mass is 10.1. The summed E-state index contributed by atoms with van der Waals surface area (Å²) in [6, 6.07) is 3.80. The Morgan fingerprint density at radius 1 is 1.42 bits per heavy atom. The number of amides is 1. The van der Waals surface area contributed by atoms with Crippen molar-refractivity contribution in [1.29, 1.82) is 0 Å². The number of nitrogens with zero attached hydrogens (tertiary/aromatic N) is 4. The second-order valence-electron chi connectivity index (χ2n) is 4.79. The van der Waals surface area contributed by atoms with Crippen LogP contribution in [0.25, 0.3) is 0 Å². The van der Waals surface area contributed by atoms with E-state index < -0.39 is 0 Å². The average Bonchev–Trinajstić information content (AvgIpc) is 3.07. The first-order chi connectivity index (χ1) is 9.27. The fourth-order valence-electron chi connectivity index (χ4n) is 2.63. The smallest absolute Gasteiger partial charge is 0.271 e. The van der Waals surface area contributed by atoms with E-state index in [4.69, 9.17) is 0 Å². The van der Waals surface area contributed by atoms with Crippen molar-refractivity contribution in [2.75, 3.05) is 6.54 Å². The Kier molecular flexibility index (Phi) is 3.03. The molecule has 1 saturated heterocycles. The van der Waals surface area contributed by atoms with Gasteiger partial charge in [-0.2, -0.15) is 0 Å². The highest BCUT2D eigenvalue weighted by atomic mass is 16.2. The van der Waals surface area contributed by atoms with Gasteiger partial charge < -0.3 is 9.47 Å². The van der Waals surface area contributed by atoms with Crippen LogP contribution < -0.4 is 0 Å². The Hall–Kier alpha value is -2.17. The number of likely N-dealkylation sites (tertiary alicyclic amines) is 1. The minimum atomic E-state index is 0.0519. The molecule has 19 heavy (non-hydrogen) atoms. The summed E-state index contributed by atoms with van der Waals surface area (Å²) >= 11 is 0. The van der Waals surface area contributed by atoms with Gasteiger partial charge in [-0.3, -0.25) is 14.8 Å². The van der Waals surface area contributed by atoms with Crippen LogP contribution in [0.1, 0.15) is 35.1 Å². The maximum atomic E-state index is 12.6. The molecule has 1 unspecified atom stereocenters. The first-order valence-electron chi connectivity index (χ1n) is 6.45. The quantitative estimate of drug-likeness (QED) is 0.823. The lowest BCUT2D eigenvalue weighted by Crippen LogP contribution is -2.32. The number of hydrogen-bond donors (Lipinski definition) is 0. The van der Waals surface area contributed by atoms with Gasteiger partial charge in [0, 0.05) is 32.2 Å². The summed E-state index contributed by atoms with van der Waals surface area (Å²) in [6.45, 7) is 0.783. The molecule has 3 heterocycles. The van der Waals surface area contributed by atoms with Crippen molar-refractivity contribution in [2.24, 2.45) is 7.05 Å². The highest BCUT2D eigenvalue weighted by Gasteiger charge is 2.32. The molecule has 1 aliphatic rings. The van der Waals surface area contributed by atoms with Crippen LogP contribution in [0, 0.1) is 0 Å². The van der Waals surface area contributed by atoms with Crippen LogP contribution in [0.5, 0.6) is 0 Å². The number of carbonyl (C=O) groups excluding carboxylic acids is 1. The summed E-state index contributed by atoms with van der Waals surface area (Å²) in [4.78, 5) is 22.9. The van der Waals surface area contributed by atoms with E-state index in [0.29, 0.717) is 0 Å². The molecule has 0 saturated carbocycles. The molecule has 0 aliphatic carbocycles. The van der Waals surface area contributed by atoms with E-state index in [1.54, 1.807) is 18.6 Å². The van der Waals surface area contributed by atoms with Gasteiger partial charge in [0.2, 0.25) is 0 Å². The molecule has 0 spiro atoms. The van der Waals surface area contributed by atoms with E-state index in [1.807, 2.05) is 34.8 Å². The molecule has 5 nitrogen and oxygen atoms in total. The van der Waals surface area contributed by atoms with E-state index in [1.165, 1.54) is 0 Å². The van der Waals surface area contributed by atoms with Crippen molar-refractivity contribution in [2.45, 2.75) is 18.9 Å². The Morgan fingerprint density at radius 2 is 2.32 bits per heavy atom. The zero-order valence-electron chi connectivity index (χ0n) is 10.9. The molecule has 5 heteroatoms. The zero-order chi connectivity index (χ0) is 13.2. The number of aryl methyl sites for hydroxylation is 1. The highest BCUT2D eigenvalue weighted by molar-refractivity contribution is 5.93. The largest absolute Gasteiger partial charge is 0.347 e. The van der Waals surface area contributed by atoms with Gasteiger partial charge in [-0.1, -0.05) is 0 Å². The maximum absolute atomic E-state index is 12.6. The fraction of sp³-hybridized carbons (Fsp3) is 0.357. The third kappa shape index (κ3) is 2.12. The first-order valence-corrected chi connectivity index (χ1v) is 6.45. The minimum absolute atomic E-state index is 0.0519. The molecule has 3 rings (SSSR count). The van der Waals surface area contributed by atoms with Crippen LogP contribution in [0.2, 0.25) is 0 Å². The van der Waals surface area contributed by atoms with Gasteiger partial charge in [-0.15, -0.1) is 0 Å². The van der Waals surface area contributed by atoms with E-state index in [9.17, 15) is 4.79 Å². The third-order valence-corrected chi connectivity index (χ3v) is 3.60. The van der Waals surface area contributed by atoms with Gasteiger partial charge in [0.15, 0.2) is 0 Å². The number of aromatic nitrogens is 3. The van der Waals surface area contributed by atoms with Crippen molar-refractivity contribution >= 4 is 5.91 Å². The van der Waals surface area contributed by atoms with Crippen molar-refractivity contribution in [3.63, 3.8) is 0 Å². The van der Waals surface area contributed by atoms with Crippen molar-refractivity contribution in [3.05, 3.63) is 48.3 Å². The van der Waals surface area contributed by atoms with E-state index in [0.717, 1.165) is 30.8 Å². The fourth-order valence-corrected chi connectivity index (χ4v) is 2.63. The van der Waals surface area contributed by atoms with Crippen LogP contribution in [0.4, 0.5) is 0 Å². The molecule has 1 amide bonds. The van der Waals surface area contributed by atoms with Crippen molar-refractivity contribution in [1.82, 2.24) is 19.4 Å². The molecule has 1 aliphatic heterocycles. The van der Waals surface area contributed by atoms with Crippen molar-refractivity contribution < 1.29 is 4.79 Å². The molecule has 0 radical (unpaired) electrons. The normalized spacial score (nSPS) is 18.8. The lowest BCUT2D eigenvalue weighted by Gasteiger charge is -2.24. The second kappa shape index (κ2) is 4.84. The summed E-state index contributed by atoms with van der Waals surface area (Å²) in [6.07, 6.45) is 8.94. The number of hydrogen-bond acceptors (Lipinski definition) is 3. The third-order valence-electron chi connectivity index (χ3n) is 3.60. The predicted molar refractivity (Wildman–Crippen MR) is 70.5 cm³/mol. The molecule has 0 bridgehead atoms. The monoisotopic (exact) mass is 256 g/mol. The molecule has 2 aromatic rings. The second-order valence-corrected chi connectivity index (χ2v) is 4.79. The Bertz CT molecular complexity index is 578. The molecule has 0 N–H and O–H groups in total. The topological polar surface area (TPSA) is 51.0 Å². The first kappa shape index (κ1) is 11.9. The molecular formula is C14H16N4O. The standard InChI is InChI=1S/C14H16N4O/c1-17-8-2-5-13(17)14(19)18-9-3-4-12(18)11-10-15-6-7-16-11/h2,5-8,10,12H,3-4,9H2,1H3. The maximum Gasteiger partial charge on any atom is 0.271 e. The molecular weight excluding hydrogens is 240 g/mol. The molecule has 98 valence electrons. The SMILES string of the molecule is Cn1cccc1C(=O)N1CCCC1c1cnccn1. The van der Waals surface area contributed by atoms with Gasteiger partial charge in [-0.25, -0.2) is 0 Å². The summed E-state index contributed by atoms with van der Waals surface area (Å²) in [7, 11) is 1.89. The van der Waals surface area contributed by atoms with Crippen LogP contribution >= 0.6 is 0 Å². The van der Waals surface area contributed by atoms with Crippen molar-refractivity contribution in [3.8, 4) is 0 Å². The number of carbonyl (C=O) groups is 1. The molecule has 1 atom stereocenters. The van der Waals surface area contributed by atoms with Gasteiger partial charge in [0.05, 0.1) is 17.9 Å².